The van der Waals surface area contributed by atoms with E-state index in [0.717, 1.165) is 51.4 Å². The third-order valence-corrected chi connectivity index (χ3v) is 13.6. The van der Waals surface area contributed by atoms with Crippen molar-refractivity contribution >= 4 is 17.7 Å². The summed E-state index contributed by atoms with van der Waals surface area (Å²) in [5.41, 5.74) is 0.0756. The zero-order chi connectivity index (χ0) is 28.1. The van der Waals surface area contributed by atoms with Crippen molar-refractivity contribution in [1.82, 2.24) is 0 Å². The van der Waals surface area contributed by atoms with Crippen LogP contribution in [0, 0.1) is 56.7 Å². The molecule has 0 radical (unpaired) electrons. The maximum atomic E-state index is 14.5. The molecule has 212 valence electrons. The van der Waals surface area contributed by atoms with Gasteiger partial charge in [-0.25, -0.2) is 0 Å². The number of carbonyl (C=O) groups excluding carboxylic acids is 3. The van der Waals surface area contributed by atoms with Crippen molar-refractivity contribution in [2.45, 2.75) is 113 Å². The number of rotatable bonds is 2. The van der Waals surface area contributed by atoms with Gasteiger partial charge in [0.1, 0.15) is 6.10 Å². The van der Waals surface area contributed by atoms with Crippen molar-refractivity contribution in [3.63, 3.8) is 0 Å². The quantitative estimate of drug-likeness (QED) is 0.365. The van der Waals surface area contributed by atoms with Gasteiger partial charge in [0.25, 0.3) is 0 Å². The topological polar surface area (TPSA) is 69.7 Å². The molecule has 5 aliphatic rings. The van der Waals surface area contributed by atoms with Gasteiger partial charge in [0.05, 0.1) is 12.5 Å². The van der Waals surface area contributed by atoms with Crippen molar-refractivity contribution in [2.24, 2.45) is 56.7 Å². The fourth-order valence-electron chi connectivity index (χ4n) is 11.3. The van der Waals surface area contributed by atoms with Gasteiger partial charge in [0.2, 0.25) is 0 Å². The van der Waals surface area contributed by atoms with Crippen LogP contribution in [0.4, 0.5) is 0 Å². The third-order valence-electron chi connectivity index (χ3n) is 13.6. The zero-order valence-corrected chi connectivity index (χ0v) is 25.2. The highest BCUT2D eigenvalue weighted by atomic mass is 16.5. The second-order valence-corrected chi connectivity index (χ2v) is 15.2. The molecule has 0 heterocycles. The minimum absolute atomic E-state index is 0.0563. The number of ether oxygens (including phenoxy) is 2. The molecule has 5 nitrogen and oxygen atoms in total. The number of allylic oxidation sites excluding steroid dienone is 2. The van der Waals surface area contributed by atoms with Crippen LogP contribution in [0.5, 0.6) is 0 Å². The van der Waals surface area contributed by atoms with Gasteiger partial charge in [0, 0.05) is 18.3 Å². The normalized spacial score (nSPS) is 49.4. The zero-order valence-electron chi connectivity index (χ0n) is 25.2. The standard InChI is InChI=1S/C33H50O5/c1-19-10-15-33(28(36)37-9)17-16-31(7)22(26(33)20(19)2)18-23(35)27-30(6)13-12-25(38-21(3)34)29(4,5)24(30)11-14-32(27,31)8/h18-20,24-27H,10-17H2,1-9H3/t19-,20+,24+,25+,26+,27-,30+,31-,32-,33+/m1/s1. The molecule has 0 N–H and O–H groups in total. The van der Waals surface area contributed by atoms with Gasteiger partial charge >= 0.3 is 11.9 Å². The Labute approximate surface area is 229 Å². The lowest BCUT2D eigenvalue weighted by Gasteiger charge is -2.70. The predicted molar refractivity (Wildman–Crippen MR) is 147 cm³/mol. The first kappa shape index (κ1) is 27.9. The summed E-state index contributed by atoms with van der Waals surface area (Å²) in [6.07, 6.45) is 9.27. The van der Waals surface area contributed by atoms with Gasteiger partial charge in [0.15, 0.2) is 5.78 Å². The van der Waals surface area contributed by atoms with Gasteiger partial charge < -0.3 is 9.47 Å². The average Bonchev–Trinajstić information content (AvgIpc) is 2.83. The molecule has 0 bridgehead atoms. The lowest BCUT2D eigenvalue weighted by Crippen LogP contribution is -2.67. The molecule has 4 saturated carbocycles. The Balaban J connectivity index is 1.62. The van der Waals surface area contributed by atoms with Gasteiger partial charge in [-0.2, -0.15) is 0 Å². The first-order valence-corrected chi connectivity index (χ1v) is 15.1. The van der Waals surface area contributed by atoms with Crippen molar-refractivity contribution in [1.29, 1.82) is 0 Å². The van der Waals surface area contributed by atoms with E-state index in [9.17, 15) is 14.4 Å². The largest absolute Gasteiger partial charge is 0.469 e. The molecule has 4 fully saturated rings. The molecule has 0 aromatic rings. The van der Waals surface area contributed by atoms with E-state index in [0.29, 0.717) is 17.8 Å². The molecule has 5 rings (SSSR count). The Hall–Kier alpha value is -1.65. The second kappa shape index (κ2) is 8.67. The van der Waals surface area contributed by atoms with E-state index in [-0.39, 0.29) is 57.3 Å². The fourth-order valence-corrected chi connectivity index (χ4v) is 11.3. The molecule has 38 heavy (non-hydrogen) atoms. The Morgan fingerprint density at radius 2 is 1.61 bits per heavy atom. The fraction of sp³-hybridized carbons (Fsp3) is 0.848. The Morgan fingerprint density at radius 3 is 2.24 bits per heavy atom. The number of hydrogen-bond acceptors (Lipinski definition) is 5. The van der Waals surface area contributed by atoms with E-state index >= 15 is 0 Å². The number of carbonyl (C=O) groups is 3. The van der Waals surface area contributed by atoms with E-state index in [4.69, 9.17) is 9.47 Å². The average molecular weight is 527 g/mol. The molecule has 5 aliphatic carbocycles. The molecule has 10 atom stereocenters. The molecular formula is C33H50O5. The molecular weight excluding hydrogens is 476 g/mol. The highest BCUT2D eigenvalue weighted by molar-refractivity contribution is 5.96. The number of esters is 2. The molecule has 0 aromatic carbocycles. The molecule has 0 amide bonds. The van der Waals surface area contributed by atoms with E-state index < -0.39 is 5.41 Å². The van der Waals surface area contributed by atoms with Crippen LogP contribution >= 0.6 is 0 Å². The molecule has 0 spiro atoms. The highest BCUT2D eigenvalue weighted by Gasteiger charge is 2.71. The summed E-state index contributed by atoms with van der Waals surface area (Å²) < 4.78 is 11.3. The molecule has 0 saturated heterocycles. The molecule has 0 aromatic heterocycles. The van der Waals surface area contributed by atoms with Crippen LogP contribution in [0.15, 0.2) is 11.6 Å². The van der Waals surface area contributed by atoms with Crippen LogP contribution in [0.2, 0.25) is 0 Å². The van der Waals surface area contributed by atoms with Gasteiger partial charge in [-0.15, -0.1) is 0 Å². The summed E-state index contributed by atoms with van der Waals surface area (Å²) in [6.45, 7) is 17.8. The second-order valence-electron chi connectivity index (χ2n) is 15.2. The summed E-state index contributed by atoms with van der Waals surface area (Å²) in [5, 5.41) is 0. The van der Waals surface area contributed by atoms with Gasteiger partial charge in [-0.3, -0.25) is 14.4 Å². The van der Waals surface area contributed by atoms with Crippen LogP contribution in [-0.2, 0) is 23.9 Å². The minimum Gasteiger partial charge on any atom is -0.469 e. The van der Waals surface area contributed by atoms with Gasteiger partial charge in [-0.1, -0.05) is 54.0 Å². The van der Waals surface area contributed by atoms with E-state index in [1.807, 2.05) is 6.08 Å². The summed E-state index contributed by atoms with van der Waals surface area (Å²) >= 11 is 0. The molecule has 0 aliphatic heterocycles. The lowest BCUT2D eigenvalue weighted by atomic mass is 9.33. The van der Waals surface area contributed by atoms with Crippen LogP contribution < -0.4 is 0 Å². The van der Waals surface area contributed by atoms with Crippen LogP contribution in [0.1, 0.15) is 107 Å². The van der Waals surface area contributed by atoms with Crippen molar-refractivity contribution in [3.05, 3.63) is 11.6 Å². The SMILES string of the molecule is COC(=O)[C@]12CC[C@@H](C)[C@H](C)[C@H]1C1=CC(=O)[C@@H]3[C@@]4(C)CC[C@H](OC(C)=O)C(C)(C)[C@@H]4CC[C@@]3(C)[C@]1(C)CC2. The summed E-state index contributed by atoms with van der Waals surface area (Å²) in [7, 11) is 1.53. The Kier molecular flexibility index (Phi) is 6.37. The monoisotopic (exact) mass is 526 g/mol. The minimum atomic E-state index is -0.513. The third kappa shape index (κ3) is 3.38. The van der Waals surface area contributed by atoms with E-state index in [2.05, 4.69) is 48.5 Å². The summed E-state index contributed by atoms with van der Waals surface area (Å²) in [5.74, 6) is 1.10. The van der Waals surface area contributed by atoms with Crippen molar-refractivity contribution in [3.8, 4) is 0 Å². The number of methoxy groups -OCH3 is 1. The first-order chi connectivity index (χ1) is 17.6. The smallest absolute Gasteiger partial charge is 0.312 e. The predicted octanol–water partition coefficient (Wildman–Crippen LogP) is 6.93. The van der Waals surface area contributed by atoms with E-state index in [1.54, 1.807) is 0 Å². The number of hydrogen-bond donors (Lipinski definition) is 0. The Morgan fingerprint density at radius 1 is 0.921 bits per heavy atom. The first-order valence-electron chi connectivity index (χ1n) is 15.1. The molecule has 5 heteroatoms. The van der Waals surface area contributed by atoms with Crippen molar-refractivity contribution < 1.29 is 23.9 Å². The highest BCUT2D eigenvalue weighted by Crippen LogP contribution is 2.75. The Bertz CT molecular complexity index is 1070. The summed E-state index contributed by atoms with van der Waals surface area (Å²) in [4.78, 5) is 39.8. The maximum absolute atomic E-state index is 14.5. The van der Waals surface area contributed by atoms with E-state index in [1.165, 1.54) is 19.6 Å². The van der Waals surface area contributed by atoms with Crippen LogP contribution in [-0.4, -0.2) is 30.9 Å². The lowest BCUT2D eigenvalue weighted by molar-refractivity contribution is -0.212. The number of fused-ring (bicyclic) bond motifs is 7. The van der Waals surface area contributed by atoms with Crippen LogP contribution in [0.3, 0.4) is 0 Å². The number of ketones is 1. The van der Waals surface area contributed by atoms with Gasteiger partial charge in [-0.05, 0) is 97.4 Å². The van der Waals surface area contributed by atoms with Crippen LogP contribution in [0.25, 0.3) is 0 Å². The molecule has 0 unspecified atom stereocenters. The maximum Gasteiger partial charge on any atom is 0.312 e. The summed E-state index contributed by atoms with van der Waals surface area (Å²) in [6, 6.07) is 0. The van der Waals surface area contributed by atoms with Crippen molar-refractivity contribution in [2.75, 3.05) is 7.11 Å².